The van der Waals surface area contributed by atoms with E-state index in [1.807, 2.05) is 48.5 Å². The van der Waals surface area contributed by atoms with Crippen molar-refractivity contribution in [1.29, 1.82) is 0 Å². The van der Waals surface area contributed by atoms with Crippen LogP contribution in [0.2, 0.25) is 0 Å². The SMILES string of the molecule is O=C(Cn1c(=O)nc(NCc2ccccc2)c2ccccc21)Nc1ccc2c(c1)OCO2. The highest BCUT2D eigenvalue weighted by Crippen LogP contribution is 2.34. The van der Waals surface area contributed by atoms with Crippen molar-refractivity contribution in [3.8, 4) is 11.5 Å². The van der Waals surface area contributed by atoms with Crippen molar-refractivity contribution in [3.63, 3.8) is 0 Å². The van der Waals surface area contributed by atoms with Crippen LogP contribution in [0.5, 0.6) is 11.5 Å². The van der Waals surface area contributed by atoms with Gasteiger partial charge in [0.05, 0.1) is 5.52 Å². The molecule has 0 fully saturated rings. The van der Waals surface area contributed by atoms with E-state index >= 15 is 0 Å². The van der Waals surface area contributed by atoms with E-state index in [0.29, 0.717) is 35.1 Å². The first-order chi connectivity index (χ1) is 15.7. The molecule has 5 rings (SSSR count). The molecule has 8 nitrogen and oxygen atoms in total. The highest BCUT2D eigenvalue weighted by atomic mass is 16.7. The molecular weight excluding hydrogens is 408 g/mol. The fraction of sp³-hybridized carbons (Fsp3) is 0.125. The Kier molecular flexibility index (Phi) is 5.17. The molecule has 1 aliphatic rings. The lowest BCUT2D eigenvalue weighted by atomic mass is 10.2. The molecule has 2 heterocycles. The highest BCUT2D eigenvalue weighted by Gasteiger charge is 2.16. The largest absolute Gasteiger partial charge is 0.454 e. The number of nitrogens with zero attached hydrogens (tertiary/aromatic N) is 2. The molecule has 0 saturated carbocycles. The number of para-hydroxylation sites is 1. The third kappa shape index (κ3) is 3.98. The van der Waals surface area contributed by atoms with Crippen LogP contribution in [0.25, 0.3) is 10.9 Å². The summed E-state index contributed by atoms with van der Waals surface area (Å²) in [6.45, 7) is 0.524. The molecule has 0 aliphatic carbocycles. The molecule has 2 N–H and O–H groups in total. The van der Waals surface area contributed by atoms with Gasteiger partial charge in [-0.15, -0.1) is 0 Å². The number of carbonyl (C=O) groups excluding carboxylic acids is 1. The zero-order valence-electron chi connectivity index (χ0n) is 17.1. The average molecular weight is 428 g/mol. The lowest BCUT2D eigenvalue weighted by Gasteiger charge is -2.14. The van der Waals surface area contributed by atoms with E-state index in [1.165, 1.54) is 4.57 Å². The number of rotatable bonds is 6. The van der Waals surface area contributed by atoms with Crippen LogP contribution in [0.3, 0.4) is 0 Å². The Hall–Kier alpha value is -4.33. The van der Waals surface area contributed by atoms with E-state index in [2.05, 4.69) is 15.6 Å². The summed E-state index contributed by atoms with van der Waals surface area (Å²) in [4.78, 5) is 29.7. The predicted molar refractivity (Wildman–Crippen MR) is 121 cm³/mol. The van der Waals surface area contributed by atoms with Gasteiger partial charge in [-0.2, -0.15) is 4.98 Å². The van der Waals surface area contributed by atoms with Gasteiger partial charge < -0.3 is 20.1 Å². The van der Waals surface area contributed by atoms with Gasteiger partial charge in [-0.1, -0.05) is 42.5 Å². The van der Waals surface area contributed by atoms with Crippen LogP contribution in [-0.4, -0.2) is 22.3 Å². The van der Waals surface area contributed by atoms with Crippen molar-refractivity contribution < 1.29 is 14.3 Å². The van der Waals surface area contributed by atoms with Gasteiger partial charge in [0.25, 0.3) is 0 Å². The van der Waals surface area contributed by atoms with Crippen molar-refractivity contribution in [3.05, 3.63) is 88.8 Å². The summed E-state index contributed by atoms with van der Waals surface area (Å²) in [5, 5.41) is 6.80. The van der Waals surface area contributed by atoms with Crippen LogP contribution in [0, 0.1) is 0 Å². The number of fused-ring (bicyclic) bond motifs is 2. The molecule has 1 amide bonds. The van der Waals surface area contributed by atoms with E-state index in [9.17, 15) is 9.59 Å². The Balaban J connectivity index is 1.38. The molecule has 32 heavy (non-hydrogen) atoms. The average Bonchev–Trinajstić information content (AvgIpc) is 3.28. The molecule has 0 bridgehead atoms. The minimum atomic E-state index is -0.500. The number of hydrogen-bond donors (Lipinski definition) is 2. The normalized spacial score (nSPS) is 12.0. The van der Waals surface area contributed by atoms with E-state index in [1.54, 1.807) is 24.3 Å². The van der Waals surface area contributed by atoms with Gasteiger partial charge in [0.15, 0.2) is 11.5 Å². The monoisotopic (exact) mass is 428 g/mol. The Labute approximate surface area is 183 Å². The molecule has 0 atom stereocenters. The van der Waals surface area contributed by atoms with Crippen LogP contribution in [0.4, 0.5) is 11.5 Å². The van der Waals surface area contributed by atoms with Crippen LogP contribution < -0.4 is 25.8 Å². The zero-order valence-corrected chi connectivity index (χ0v) is 17.1. The van der Waals surface area contributed by atoms with E-state index in [-0.39, 0.29) is 19.2 Å². The minimum absolute atomic E-state index is 0.157. The summed E-state index contributed by atoms with van der Waals surface area (Å²) in [5.41, 5.74) is 1.76. The molecule has 160 valence electrons. The van der Waals surface area contributed by atoms with Crippen molar-refractivity contribution in [1.82, 2.24) is 9.55 Å². The third-order valence-electron chi connectivity index (χ3n) is 5.15. The first kappa shape index (κ1) is 19.6. The summed E-state index contributed by atoms with van der Waals surface area (Å²) >= 11 is 0. The van der Waals surface area contributed by atoms with Gasteiger partial charge >= 0.3 is 5.69 Å². The fourth-order valence-corrected chi connectivity index (χ4v) is 3.62. The minimum Gasteiger partial charge on any atom is -0.454 e. The van der Waals surface area contributed by atoms with Gasteiger partial charge in [-0.25, -0.2) is 4.79 Å². The van der Waals surface area contributed by atoms with E-state index < -0.39 is 5.69 Å². The van der Waals surface area contributed by atoms with E-state index in [0.717, 1.165) is 10.9 Å². The number of nitrogens with one attached hydrogen (secondary N) is 2. The Morgan fingerprint density at radius 1 is 0.969 bits per heavy atom. The smallest absolute Gasteiger partial charge is 0.350 e. The Morgan fingerprint density at radius 2 is 1.75 bits per heavy atom. The Morgan fingerprint density at radius 3 is 2.62 bits per heavy atom. The van der Waals surface area contributed by atoms with Crippen LogP contribution in [0.1, 0.15) is 5.56 Å². The maximum atomic E-state index is 12.8. The summed E-state index contributed by atoms with van der Waals surface area (Å²) in [6, 6.07) is 22.4. The van der Waals surface area contributed by atoms with E-state index in [4.69, 9.17) is 9.47 Å². The lowest BCUT2D eigenvalue weighted by molar-refractivity contribution is -0.116. The number of anilines is 2. The second kappa shape index (κ2) is 8.43. The van der Waals surface area contributed by atoms with Crippen LogP contribution >= 0.6 is 0 Å². The van der Waals surface area contributed by atoms with Crippen molar-refractivity contribution in [2.45, 2.75) is 13.1 Å². The van der Waals surface area contributed by atoms with Crippen molar-refractivity contribution >= 4 is 28.3 Å². The standard InChI is InChI=1S/C24H20N4O4/c29-22(26-17-10-11-20-21(12-17)32-15-31-20)14-28-19-9-5-4-8-18(19)23(27-24(28)30)25-13-16-6-2-1-3-7-16/h1-12H,13-15H2,(H,26,29)(H,25,27,30). The molecule has 0 spiro atoms. The van der Waals surface area contributed by atoms with Crippen molar-refractivity contribution in [2.75, 3.05) is 17.4 Å². The lowest BCUT2D eigenvalue weighted by Crippen LogP contribution is -2.30. The van der Waals surface area contributed by atoms with Gasteiger partial charge in [0, 0.05) is 23.7 Å². The summed E-state index contributed by atoms with van der Waals surface area (Å²) in [7, 11) is 0. The first-order valence-electron chi connectivity index (χ1n) is 10.1. The van der Waals surface area contributed by atoms with Gasteiger partial charge in [0.2, 0.25) is 12.7 Å². The van der Waals surface area contributed by atoms with Crippen LogP contribution in [0.15, 0.2) is 77.6 Å². The first-order valence-corrected chi connectivity index (χ1v) is 10.1. The zero-order chi connectivity index (χ0) is 21.9. The van der Waals surface area contributed by atoms with Crippen LogP contribution in [-0.2, 0) is 17.9 Å². The molecule has 8 heteroatoms. The summed E-state index contributed by atoms with van der Waals surface area (Å²) < 4.78 is 12.0. The maximum Gasteiger partial charge on any atom is 0.350 e. The van der Waals surface area contributed by atoms with Gasteiger partial charge in [-0.05, 0) is 29.8 Å². The topological polar surface area (TPSA) is 94.5 Å². The second-order valence-corrected chi connectivity index (χ2v) is 7.30. The van der Waals surface area contributed by atoms with Crippen molar-refractivity contribution in [2.24, 2.45) is 0 Å². The number of aromatic nitrogens is 2. The second-order valence-electron chi connectivity index (χ2n) is 7.30. The molecule has 1 aliphatic heterocycles. The molecule has 4 aromatic rings. The molecule has 0 radical (unpaired) electrons. The molecule has 1 aromatic heterocycles. The number of amides is 1. The number of hydrogen-bond acceptors (Lipinski definition) is 6. The number of ether oxygens (including phenoxy) is 2. The maximum absolute atomic E-state index is 12.8. The van der Waals surface area contributed by atoms with Gasteiger partial charge in [0.1, 0.15) is 12.4 Å². The summed E-state index contributed by atoms with van der Waals surface area (Å²) in [5.74, 6) is 1.35. The number of carbonyl (C=O) groups is 1. The Bertz CT molecular complexity index is 1350. The molecule has 0 unspecified atom stereocenters. The molecule has 0 saturated heterocycles. The highest BCUT2D eigenvalue weighted by molar-refractivity contribution is 5.93. The number of benzene rings is 3. The summed E-state index contributed by atoms with van der Waals surface area (Å²) in [6.07, 6.45) is 0. The quantitative estimate of drug-likeness (QED) is 0.489. The predicted octanol–water partition coefficient (Wildman–Crippen LogP) is 3.38. The van der Waals surface area contributed by atoms with Gasteiger partial charge in [-0.3, -0.25) is 9.36 Å². The molecular formula is C24H20N4O4. The fourth-order valence-electron chi connectivity index (χ4n) is 3.62. The third-order valence-corrected chi connectivity index (χ3v) is 5.15. The molecule has 3 aromatic carbocycles.